The maximum absolute atomic E-state index is 13.4. The fourth-order valence-electron chi connectivity index (χ4n) is 4.96. The Labute approximate surface area is 171 Å². The molecule has 6 nitrogen and oxygen atoms in total. The number of pyridine rings is 1. The highest BCUT2D eigenvalue weighted by Crippen LogP contribution is 2.38. The molecule has 1 aromatic heterocycles. The Kier molecular flexibility index (Phi) is 5.92. The van der Waals surface area contributed by atoms with Crippen LogP contribution in [-0.4, -0.2) is 80.9 Å². The molecule has 0 N–H and O–H groups in total. The Morgan fingerprint density at radius 1 is 1.29 bits per heavy atom. The molecule has 4 heterocycles. The molecular formula is C21H30N4O2S. The van der Waals surface area contributed by atoms with Crippen molar-refractivity contribution in [1.29, 1.82) is 0 Å². The van der Waals surface area contributed by atoms with Crippen LogP contribution in [0.15, 0.2) is 24.5 Å². The molecule has 0 radical (unpaired) electrons. The number of rotatable bonds is 6. The molecule has 0 saturated carbocycles. The summed E-state index contributed by atoms with van der Waals surface area (Å²) in [6, 6.07) is 4.52. The van der Waals surface area contributed by atoms with Crippen LogP contribution in [0.2, 0.25) is 0 Å². The van der Waals surface area contributed by atoms with Crippen LogP contribution < -0.4 is 0 Å². The van der Waals surface area contributed by atoms with Gasteiger partial charge in [0.05, 0.1) is 0 Å². The highest BCUT2D eigenvalue weighted by molar-refractivity contribution is 7.99. The summed E-state index contributed by atoms with van der Waals surface area (Å²) in [5, 5.41) is 0. The van der Waals surface area contributed by atoms with Gasteiger partial charge in [-0.15, -0.1) is 0 Å². The van der Waals surface area contributed by atoms with Gasteiger partial charge in [0.2, 0.25) is 0 Å². The number of thioether (sulfide) groups is 1. The van der Waals surface area contributed by atoms with Crippen LogP contribution in [0.1, 0.15) is 38.2 Å². The number of hydrogen-bond acceptors (Lipinski definition) is 5. The van der Waals surface area contributed by atoms with Crippen molar-refractivity contribution in [3.63, 3.8) is 0 Å². The van der Waals surface area contributed by atoms with Crippen LogP contribution in [0, 0.1) is 0 Å². The van der Waals surface area contributed by atoms with Gasteiger partial charge in [0.25, 0.3) is 5.91 Å². The summed E-state index contributed by atoms with van der Waals surface area (Å²) in [5.41, 5.74) is 0.536. The monoisotopic (exact) mass is 402 g/mol. The third-order valence-corrected chi connectivity index (χ3v) is 7.70. The van der Waals surface area contributed by atoms with Gasteiger partial charge >= 0.3 is 6.03 Å². The molecule has 28 heavy (non-hydrogen) atoms. The normalized spacial score (nSPS) is 25.2. The average Bonchev–Trinajstić information content (AvgIpc) is 3.32. The Morgan fingerprint density at radius 2 is 2.11 bits per heavy atom. The average molecular weight is 403 g/mol. The van der Waals surface area contributed by atoms with Crippen molar-refractivity contribution in [1.82, 2.24) is 19.7 Å². The van der Waals surface area contributed by atoms with Crippen molar-refractivity contribution in [3.05, 3.63) is 30.1 Å². The second-order valence-corrected chi connectivity index (χ2v) is 9.18. The van der Waals surface area contributed by atoms with Crippen LogP contribution in [0.3, 0.4) is 0 Å². The van der Waals surface area contributed by atoms with E-state index in [-0.39, 0.29) is 11.9 Å². The fraction of sp³-hybridized carbons (Fsp3) is 0.667. The van der Waals surface area contributed by atoms with Gasteiger partial charge in [-0.3, -0.25) is 19.6 Å². The largest absolute Gasteiger partial charge is 0.327 e. The molecule has 1 unspecified atom stereocenters. The van der Waals surface area contributed by atoms with Gasteiger partial charge in [-0.05, 0) is 56.4 Å². The molecule has 152 valence electrons. The van der Waals surface area contributed by atoms with Crippen molar-refractivity contribution in [3.8, 4) is 0 Å². The Bertz CT molecular complexity index is 700. The lowest BCUT2D eigenvalue weighted by molar-refractivity contribution is -0.135. The summed E-state index contributed by atoms with van der Waals surface area (Å²) in [6.45, 7) is 4.93. The number of aromatic nitrogens is 1. The number of carbonyl (C=O) groups is 2. The van der Waals surface area contributed by atoms with Crippen LogP contribution in [0.5, 0.6) is 0 Å². The smallest absolute Gasteiger partial charge is 0.310 e. The number of nitrogens with zero attached hydrogens (tertiary/aromatic N) is 4. The Hall–Kier alpha value is -1.60. The number of imide groups is 1. The van der Waals surface area contributed by atoms with Crippen molar-refractivity contribution < 1.29 is 9.59 Å². The summed E-state index contributed by atoms with van der Waals surface area (Å²) >= 11 is 2.03. The molecule has 1 atom stereocenters. The van der Waals surface area contributed by atoms with Gasteiger partial charge < -0.3 is 4.90 Å². The van der Waals surface area contributed by atoms with E-state index in [1.54, 1.807) is 6.20 Å². The van der Waals surface area contributed by atoms with E-state index in [0.29, 0.717) is 19.1 Å². The second-order valence-electron chi connectivity index (χ2n) is 8.03. The molecule has 1 spiro atoms. The predicted octanol–water partition coefficient (Wildman–Crippen LogP) is 2.64. The first-order valence-electron chi connectivity index (χ1n) is 10.5. The SMILES string of the molecule is CCN1C(=O)N(CCCc2cccnc2)C(=O)C12CCN(C1CCSC1)CC2. The standard InChI is InChI=1S/C21H30N4O2S/c1-2-25-20(27)24(11-4-6-17-5-3-10-22-15-17)19(26)21(25)8-12-23(13-9-21)18-7-14-28-16-18/h3,5,10,15,18H,2,4,6-9,11-14,16H2,1H3. The highest BCUT2D eigenvalue weighted by atomic mass is 32.2. The summed E-state index contributed by atoms with van der Waals surface area (Å²) in [4.78, 5) is 36.4. The van der Waals surface area contributed by atoms with Crippen molar-refractivity contribution in [2.75, 3.05) is 37.7 Å². The molecule has 0 aromatic carbocycles. The van der Waals surface area contributed by atoms with Gasteiger partial charge in [0.15, 0.2) is 0 Å². The summed E-state index contributed by atoms with van der Waals surface area (Å²) in [5.74, 6) is 2.49. The highest BCUT2D eigenvalue weighted by Gasteiger charge is 2.57. The van der Waals surface area contributed by atoms with E-state index in [2.05, 4.69) is 9.88 Å². The number of likely N-dealkylation sites (tertiary alicyclic amines) is 1. The number of piperidine rings is 1. The first kappa shape index (κ1) is 19.7. The van der Waals surface area contributed by atoms with E-state index in [1.165, 1.54) is 22.8 Å². The van der Waals surface area contributed by atoms with Gasteiger partial charge in [0, 0.05) is 50.4 Å². The zero-order chi connectivity index (χ0) is 19.6. The van der Waals surface area contributed by atoms with Crippen LogP contribution >= 0.6 is 11.8 Å². The lowest BCUT2D eigenvalue weighted by Crippen LogP contribution is -2.58. The first-order valence-corrected chi connectivity index (χ1v) is 11.7. The van der Waals surface area contributed by atoms with E-state index >= 15 is 0 Å². The number of aryl methyl sites for hydroxylation is 1. The molecule has 0 aliphatic carbocycles. The van der Waals surface area contributed by atoms with E-state index < -0.39 is 5.54 Å². The molecule has 7 heteroatoms. The molecule has 0 bridgehead atoms. The van der Waals surface area contributed by atoms with E-state index in [0.717, 1.165) is 44.3 Å². The molecule has 3 saturated heterocycles. The zero-order valence-corrected chi connectivity index (χ0v) is 17.5. The molecule has 3 fully saturated rings. The minimum absolute atomic E-state index is 0.0333. The minimum Gasteiger partial charge on any atom is -0.310 e. The van der Waals surface area contributed by atoms with Crippen molar-refractivity contribution in [2.24, 2.45) is 0 Å². The Balaban J connectivity index is 1.40. The Morgan fingerprint density at radius 3 is 2.75 bits per heavy atom. The fourth-order valence-corrected chi connectivity index (χ4v) is 6.21. The topological polar surface area (TPSA) is 56.8 Å². The van der Waals surface area contributed by atoms with Crippen molar-refractivity contribution in [2.45, 2.75) is 50.6 Å². The molecule has 3 aliphatic rings. The third kappa shape index (κ3) is 3.54. The molecule has 3 amide bonds. The van der Waals surface area contributed by atoms with Crippen LogP contribution in [0.25, 0.3) is 0 Å². The minimum atomic E-state index is -0.609. The lowest BCUT2D eigenvalue weighted by Gasteiger charge is -2.43. The number of likely N-dealkylation sites (N-methyl/N-ethyl adjacent to an activating group) is 1. The van der Waals surface area contributed by atoms with Crippen LogP contribution in [0.4, 0.5) is 4.79 Å². The molecular weight excluding hydrogens is 372 g/mol. The summed E-state index contributed by atoms with van der Waals surface area (Å²) in [6.07, 6.45) is 8.01. The summed E-state index contributed by atoms with van der Waals surface area (Å²) < 4.78 is 0. The van der Waals surface area contributed by atoms with Crippen molar-refractivity contribution >= 4 is 23.7 Å². The van der Waals surface area contributed by atoms with Crippen LogP contribution in [-0.2, 0) is 11.2 Å². The van der Waals surface area contributed by atoms with Gasteiger partial charge in [-0.25, -0.2) is 4.79 Å². The molecule has 4 rings (SSSR count). The number of urea groups is 1. The maximum Gasteiger partial charge on any atom is 0.327 e. The zero-order valence-electron chi connectivity index (χ0n) is 16.7. The predicted molar refractivity (Wildman–Crippen MR) is 111 cm³/mol. The summed E-state index contributed by atoms with van der Waals surface area (Å²) in [7, 11) is 0. The molecule has 3 aliphatic heterocycles. The number of hydrogen-bond donors (Lipinski definition) is 0. The first-order chi connectivity index (χ1) is 13.7. The number of carbonyl (C=O) groups excluding carboxylic acids is 2. The van der Waals surface area contributed by atoms with E-state index in [9.17, 15) is 9.59 Å². The van der Waals surface area contributed by atoms with Gasteiger partial charge in [-0.1, -0.05) is 6.07 Å². The van der Waals surface area contributed by atoms with Gasteiger partial charge in [0.1, 0.15) is 5.54 Å². The third-order valence-electron chi connectivity index (χ3n) is 6.56. The second kappa shape index (κ2) is 8.41. The van der Waals surface area contributed by atoms with Gasteiger partial charge in [-0.2, -0.15) is 11.8 Å². The quantitative estimate of drug-likeness (QED) is 0.685. The maximum atomic E-state index is 13.4. The van der Waals surface area contributed by atoms with E-state index in [4.69, 9.17) is 0 Å². The number of amides is 3. The van der Waals surface area contributed by atoms with E-state index in [1.807, 2.05) is 41.9 Å². The molecule has 1 aromatic rings. The lowest BCUT2D eigenvalue weighted by atomic mass is 9.85.